The molecule has 0 radical (unpaired) electrons. The van der Waals surface area contributed by atoms with E-state index in [1.807, 2.05) is 0 Å². The maximum atomic E-state index is 5.27. The molecule has 0 aromatic heterocycles. The molecule has 0 saturated carbocycles. The molecule has 0 bridgehead atoms. The molecular weight excluding hydrogens is 286 g/mol. The van der Waals surface area contributed by atoms with Gasteiger partial charge in [0.15, 0.2) is 0 Å². The van der Waals surface area contributed by atoms with Gasteiger partial charge in [-0.1, -0.05) is 53.5 Å². The first-order chi connectivity index (χ1) is 9.42. The first-order valence-electron chi connectivity index (χ1n) is 7.85. The summed E-state index contributed by atoms with van der Waals surface area (Å²) in [4.78, 5) is 5.27. The predicted octanol–water partition coefficient (Wildman–Crippen LogP) is 4.69. The van der Waals surface area contributed by atoms with Crippen LogP contribution in [0.1, 0.15) is 20.8 Å². The zero-order chi connectivity index (χ0) is 16.1. The van der Waals surface area contributed by atoms with E-state index in [2.05, 4.69) is 83.8 Å². The van der Waals surface area contributed by atoms with Crippen LogP contribution >= 0.6 is 0 Å². The molecular formula is C18H29NSi2-2. The summed E-state index contributed by atoms with van der Waals surface area (Å²) in [5.41, 5.74) is 0.0325. The van der Waals surface area contributed by atoms with Crippen molar-refractivity contribution < 1.29 is 0 Å². The van der Waals surface area contributed by atoms with Gasteiger partial charge in [0.05, 0.1) is 0 Å². The molecule has 21 heavy (non-hydrogen) atoms. The molecule has 0 unspecified atom stereocenters. The van der Waals surface area contributed by atoms with E-state index >= 15 is 0 Å². The maximum absolute atomic E-state index is 5.27. The second-order valence-electron chi connectivity index (χ2n) is 8.61. The Morgan fingerprint density at radius 2 is 1.62 bits per heavy atom. The Morgan fingerprint density at radius 1 is 1.00 bits per heavy atom. The highest BCUT2D eigenvalue weighted by Crippen LogP contribution is 2.27. The van der Waals surface area contributed by atoms with E-state index in [0.29, 0.717) is 0 Å². The standard InChI is InChI=1S/C18H29NSi2/c1-18(2,3)19-21(7,8)17-15-12-10-9-11-14(15)13-16(17)20(4,5)6/h9-13H,1-8H3/q-2. The van der Waals surface area contributed by atoms with Crippen LogP contribution in [-0.2, 0) is 0 Å². The molecule has 3 heteroatoms. The highest BCUT2D eigenvalue weighted by atomic mass is 28.3. The summed E-state index contributed by atoms with van der Waals surface area (Å²) in [5.74, 6) is 0. The van der Waals surface area contributed by atoms with E-state index in [1.165, 1.54) is 10.8 Å². The zero-order valence-electron chi connectivity index (χ0n) is 14.8. The van der Waals surface area contributed by atoms with Gasteiger partial charge in [0.1, 0.15) is 0 Å². The second kappa shape index (κ2) is 5.15. The van der Waals surface area contributed by atoms with Crippen molar-refractivity contribution in [1.82, 2.24) is 0 Å². The number of fused-ring (bicyclic) bond motifs is 1. The highest BCUT2D eigenvalue weighted by Gasteiger charge is 2.24. The van der Waals surface area contributed by atoms with E-state index in [0.717, 1.165) is 0 Å². The number of rotatable bonds is 3. The van der Waals surface area contributed by atoms with E-state index in [9.17, 15) is 0 Å². The first-order valence-corrected chi connectivity index (χ1v) is 14.3. The molecule has 0 N–H and O–H groups in total. The Labute approximate surface area is 132 Å². The average molecular weight is 316 g/mol. The Balaban J connectivity index is 2.71. The lowest BCUT2D eigenvalue weighted by Crippen LogP contribution is -2.57. The number of nitrogens with zero attached hydrogens (tertiary/aromatic N) is 1. The molecule has 0 atom stereocenters. The van der Waals surface area contributed by atoms with E-state index < -0.39 is 16.3 Å². The van der Waals surface area contributed by atoms with Crippen molar-refractivity contribution in [2.75, 3.05) is 0 Å². The minimum atomic E-state index is -1.82. The summed E-state index contributed by atoms with van der Waals surface area (Å²) in [6.07, 6.45) is 0. The second-order valence-corrected chi connectivity index (χ2v) is 17.5. The van der Waals surface area contributed by atoms with Crippen LogP contribution in [0.25, 0.3) is 15.8 Å². The summed E-state index contributed by atoms with van der Waals surface area (Å²) in [6.45, 7) is 18.8. The van der Waals surface area contributed by atoms with Crippen LogP contribution < -0.4 is 10.4 Å². The number of hydrogen-bond donors (Lipinski definition) is 0. The van der Waals surface area contributed by atoms with Crippen molar-refractivity contribution >= 4 is 37.5 Å². The van der Waals surface area contributed by atoms with Crippen LogP contribution in [0.3, 0.4) is 0 Å². The molecule has 0 fully saturated rings. The number of hydrogen-bond acceptors (Lipinski definition) is 0. The molecule has 0 saturated heterocycles. The van der Waals surface area contributed by atoms with Crippen LogP contribution in [-0.4, -0.2) is 21.8 Å². The maximum Gasteiger partial charge on any atom is 0.0302 e. The lowest BCUT2D eigenvalue weighted by Gasteiger charge is -2.52. The lowest BCUT2D eigenvalue weighted by molar-refractivity contribution is 0.677. The molecule has 0 aliphatic carbocycles. The molecule has 1 nitrogen and oxygen atoms in total. The highest BCUT2D eigenvalue weighted by molar-refractivity contribution is 7.02. The minimum Gasteiger partial charge on any atom is -0.657 e. The van der Waals surface area contributed by atoms with Gasteiger partial charge in [-0.15, -0.1) is 51.0 Å². The Hall–Kier alpha value is -0.776. The van der Waals surface area contributed by atoms with Gasteiger partial charge in [-0.05, 0) is 8.24 Å². The summed E-state index contributed by atoms with van der Waals surface area (Å²) in [6, 6.07) is 11.3. The van der Waals surface area contributed by atoms with Crippen molar-refractivity contribution in [1.29, 1.82) is 0 Å². The molecule has 0 spiro atoms. The third-order valence-electron chi connectivity index (χ3n) is 3.83. The Kier molecular flexibility index (Phi) is 4.07. The van der Waals surface area contributed by atoms with Gasteiger partial charge in [-0.25, -0.2) is 0 Å². The van der Waals surface area contributed by atoms with Crippen LogP contribution in [0.2, 0.25) is 32.7 Å². The monoisotopic (exact) mass is 315 g/mol. The van der Waals surface area contributed by atoms with Crippen molar-refractivity contribution in [2.24, 2.45) is 0 Å². The normalized spacial score (nSPS) is 13.9. The smallest absolute Gasteiger partial charge is 0.0302 e. The molecule has 2 aromatic carbocycles. The van der Waals surface area contributed by atoms with E-state index in [1.54, 1.807) is 10.4 Å². The average Bonchev–Trinajstić information content (AvgIpc) is 2.64. The summed E-state index contributed by atoms with van der Waals surface area (Å²) < 4.78 is 0. The SMILES string of the molecule is CC(C)(C)[N-][Si](C)(C)c1c([Si](C)(C)C)cc2cccc[c-]12. The van der Waals surface area contributed by atoms with Crippen LogP contribution in [0.5, 0.6) is 0 Å². The van der Waals surface area contributed by atoms with Gasteiger partial charge in [-0.2, -0.15) is 6.07 Å². The van der Waals surface area contributed by atoms with Gasteiger partial charge in [0.25, 0.3) is 0 Å². The quantitative estimate of drug-likeness (QED) is 0.576. The van der Waals surface area contributed by atoms with E-state index in [-0.39, 0.29) is 5.54 Å². The van der Waals surface area contributed by atoms with Gasteiger partial charge < -0.3 is 4.98 Å². The van der Waals surface area contributed by atoms with Crippen molar-refractivity contribution in [3.63, 3.8) is 0 Å². The third kappa shape index (κ3) is 3.52. The van der Waals surface area contributed by atoms with Gasteiger partial charge in [0, 0.05) is 8.07 Å². The summed E-state index contributed by atoms with van der Waals surface area (Å²) >= 11 is 0. The molecule has 0 heterocycles. The molecule has 0 aliphatic heterocycles. The molecule has 0 amide bonds. The molecule has 2 rings (SSSR count). The van der Waals surface area contributed by atoms with Gasteiger partial charge in [0.2, 0.25) is 0 Å². The summed E-state index contributed by atoms with van der Waals surface area (Å²) in [5, 5.41) is 6.05. The topological polar surface area (TPSA) is 14.1 Å². The lowest BCUT2D eigenvalue weighted by atomic mass is 10.1. The fourth-order valence-electron chi connectivity index (χ4n) is 3.37. The predicted molar refractivity (Wildman–Crippen MR) is 103 cm³/mol. The van der Waals surface area contributed by atoms with Crippen molar-refractivity contribution in [2.45, 2.75) is 59.0 Å². The minimum absolute atomic E-state index is 0.0325. The van der Waals surface area contributed by atoms with Crippen LogP contribution in [0.4, 0.5) is 0 Å². The van der Waals surface area contributed by atoms with Crippen molar-refractivity contribution in [3.05, 3.63) is 35.3 Å². The van der Waals surface area contributed by atoms with Gasteiger partial charge >= 0.3 is 0 Å². The van der Waals surface area contributed by atoms with Gasteiger partial charge in [-0.3, -0.25) is 0 Å². The van der Waals surface area contributed by atoms with E-state index in [4.69, 9.17) is 4.98 Å². The zero-order valence-corrected chi connectivity index (χ0v) is 16.8. The third-order valence-corrected chi connectivity index (χ3v) is 9.09. The Morgan fingerprint density at radius 3 is 2.14 bits per heavy atom. The Bertz CT molecular complexity index is 639. The fourth-order valence-corrected chi connectivity index (χ4v) is 10.3. The largest absolute Gasteiger partial charge is 0.657 e. The fraction of sp³-hybridized carbons (Fsp3) is 0.500. The van der Waals surface area contributed by atoms with Crippen LogP contribution in [0.15, 0.2) is 30.3 Å². The molecule has 116 valence electrons. The molecule has 0 aliphatic rings. The van der Waals surface area contributed by atoms with Crippen LogP contribution in [0, 0.1) is 0 Å². The summed E-state index contributed by atoms with van der Waals surface area (Å²) in [7, 11) is -3.19. The molecule has 2 aromatic rings. The van der Waals surface area contributed by atoms with Crippen molar-refractivity contribution in [3.8, 4) is 0 Å². The first kappa shape index (κ1) is 16.6. The number of benzene rings is 1.